The number of esters is 1. The summed E-state index contributed by atoms with van der Waals surface area (Å²) in [5.41, 5.74) is 7.16. The zero-order valence-corrected chi connectivity index (χ0v) is 15.1. The third-order valence-electron chi connectivity index (χ3n) is 4.95. The zero-order valence-electron chi connectivity index (χ0n) is 15.1. The Morgan fingerprint density at radius 3 is 2.12 bits per heavy atom. The predicted molar refractivity (Wildman–Crippen MR) is 98.0 cm³/mol. The average molecular weight is 320 g/mol. The maximum atomic E-state index is 13.0. The van der Waals surface area contributed by atoms with Gasteiger partial charge in [-0.05, 0) is 68.0 Å². The highest BCUT2D eigenvalue weighted by molar-refractivity contribution is 6.15. The Kier molecular flexibility index (Phi) is 4.08. The number of carbonyl (C=O) groups excluding carboxylic acids is 1. The molecule has 1 atom stereocenters. The number of ether oxygens (including phenoxy) is 1. The molecule has 24 heavy (non-hydrogen) atoms. The van der Waals surface area contributed by atoms with Crippen LogP contribution >= 0.6 is 0 Å². The molecule has 0 amide bonds. The molecule has 0 saturated carbocycles. The molecule has 1 unspecified atom stereocenters. The predicted octanol–water partition coefficient (Wildman–Crippen LogP) is 4.90. The Balaban J connectivity index is 2.20. The highest BCUT2D eigenvalue weighted by Crippen LogP contribution is 2.61. The molecule has 2 aromatic rings. The van der Waals surface area contributed by atoms with Crippen LogP contribution in [0.3, 0.4) is 0 Å². The van der Waals surface area contributed by atoms with Crippen LogP contribution < -0.4 is 0 Å². The minimum atomic E-state index is -0.723. The molecular weight excluding hydrogens is 296 g/mol. The Hall–Kier alpha value is -2.35. The van der Waals surface area contributed by atoms with Crippen LogP contribution in [0.25, 0.3) is 5.57 Å². The summed E-state index contributed by atoms with van der Waals surface area (Å²) >= 11 is 0. The van der Waals surface area contributed by atoms with Gasteiger partial charge in [0.25, 0.3) is 0 Å². The molecule has 0 spiro atoms. The quantitative estimate of drug-likeness (QED) is 0.749. The van der Waals surface area contributed by atoms with E-state index in [4.69, 9.17) is 4.74 Å². The van der Waals surface area contributed by atoms with Crippen molar-refractivity contribution in [3.05, 3.63) is 75.9 Å². The van der Waals surface area contributed by atoms with Gasteiger partial charge in [0.2, 0.25) is 0 Å². The molecule has 0 saturated heterocycles. The first-order valence-electron chi connectivity index (χ1n) is 8.47. The van der Waals surface area contributed by atoms with Crippen molar-refractivity contribution in [1.29, 1.82) is 0 Å². The highest BCUT2D eigenvalue weighted by atomic mass is 16.5. The van der Waals surface area contributed by atoms with Crippen LogP contribution in [-0.2, 0) is 14.9 Å². The van der Waals surface area contributed by atoms with Gasteiger partial charge in [-0.1, -0.05) is 48.0 Å². The van der Waals surface area contributed by atoms with E-state index in [1.54, 1.807) is 0 Å². The number of benzene rings is 2. The van der Waals surface area contributed by atoms with Gasteiger partial charge < -0.3 is 4.74 Å². The highest BCUT2D eigenvalue weighted by Gasteiger charge is 2.60. The lowest BCUT2D eigenvalue weighted by Crippen LogP contribution is -2.30. The summed E-state index contributed by atoms with van der Waals surface area (Å²) in [7, 11) is 0. The summed E-state index contributed by atoms with van der Waals surface area (Å²) < 4.78 is 5.51. The van der Waals surface area contributed by atoms with E-state index in [0.29, 0.717) is 6.61 Å². The summed E-state index contributed by atoms with van der Waals surface area (Å²) in [6.07, 6.45) is 0. The van der Waals surface area contributed by atoms with Crippen LogP contribution in [-0.4, -0.2) is 12.6 Å². The van der Waals surface area contributed by atoms with E-state index in [-0.39, 0.29) is 5.97 Å². The number of aryl methyl sites for hydroxylation is 3. The van der Waals surface area contributed by atoms with Crippen LogP contribution in [0.15, 0.2) is 48.0 Å². The SMILES string of the molecule is CCOC(=O)C1(c2c(C)cc(C)cc2C)C(C)=C1c1ccccc1. The van der Waals surface area contributed by atoms with Crippen molar-refractivity contribution in [3.63, 3.8) is 0 Å². The van der Waals surface area contributed by atoms with E-state index in [0.717, 1.165) is 33.4 Å². The molecule has 1 aliphatic rings. The first-order chi connectivity index (χ1) is 11.4. The molecule has 2 nitrogen and oxygen atoms in total. The van der Waals surface area contributed by atoms with Crippen LogP contribution in [0.5, 0.6) is 0 Å². The van der Waals surface area contributed by atoms with Crippen molar-refractivity contribution in [2.45, 2.75) is 40.0 Å². The first kappa shape index (κ1) is 16.5. The van der Waals surface area contributed by atoms with E-state index in [2.05, 4.69) is 52.0 Å². The van der Waals surface area contributed by atoms with Crippen LogP contribution in [0, 0.1) is 20.8 Å². The number of carbonyl (C=O) groups is 1. The van der Waals surface area contributed by atoms with E-state index >= 15 is 0 Å². The van der Waals surface area contributed by atoms with Gasteiger partial charge >= 0.3 is 5.97 Å². The van der Waals surface area contributed by atoms with Crippen molar-refractivity contribution in [2.24, 2.45) is 0 Å². The molecule has 0 radical (unpaired) electrons. The molecule has 124 valence electrons. The molecule has 0 bridgehead atoms. The lowest BCUT2D eigenvalue weighted by molar-refractivity contribution is -0.145. The third-order valence-corrected chi connectivity index (χ3v) is 4.95. The monoisotopic (exact) mass is 320 g/mol. The Morgan fingerprint density at radius 1 is 1.00 bits per heavy atom. The van der Waals surface area contributed by atoms with Crippen molar-refractivity contribution in [2.75, 3.05) is 6.61 Å². The van der Waals surface area contributed by atoms with Gasteiger partial charge in [0.15, 0.2) is 0 Å². The lowest BCUT2D eigenvalue weighted by atomic mass is 9.80. The number of hydrogen-bond donors (Lipinski definition) is 0. The van der Waals surface area contributed by atoms with E-state index in [1.165, 1.54) is 5.56 Å². The van der Waals surface area contributed by atoms with Crippen molar-refractivity contribution in [1.82, 2.24) is 0 Å². The lowest BCUT2D eigenvalue weighted by Gasteiger charge is -2.24. The van der Waals surface area contributed by atoms with Gasteiger partial charge in [0, 0.05) is 0 Å². The minimum Gasteiger partial charge on any atom is -0.465 e. The fraction of sp³-hybridized carbons (Fsp3) is 0.318. The first-order valence-corrected chi connectivity index (χ1v) is 8.47. The van der Waals surface area contributed by atoms with E-state index in [1.807, 2.05) is 25.1 Å². The molecule has 1 aliphatic carbocycles. The van der Waals surface area contributed by atoms with Gasteiger partial charge in [-0.15, -0.1) is 0 Å². The largest absolute Gasteiger partial charge is 0.465 e. The Bertz CT molecular complexity index is 807. The van der Waals surface area contributed by atoms with Crippen molar-refractivity contribution in [3.8, 4) is 0 Å². The maximum Gasteiger partial charge on any atom is 0.325 e. The van der Waals surface area contributed by atoms with Gasteiger partial charge in [-0.25, -0.2) is 0 Å². The van der Waals surface area contributed by atoms with Crippen LogP contribution in [0.4, 0.5) is 0 Å². The standard InChI is InChI=1S/C22H24O2/c1-6-24-21(23)22(19-15(3)12-14(2)13-16(19)4)17(5)20(22)18-10-8-7-9-11-18/h7-13H,6H2,1-5H3. The van der Waals surface area contributed by atoms with Crippen LogP contribution in [0.2, 0.25) is 0 Å². The summed E-state index contributed by atoms with van der Waals surface area (Å²) in [6, 6.07) is 14.5. The summed E-state index contributed by atoms with van der Waals surface area (Å²) in [5, 5.41) is 0. The van der Waals surface area contributed by atoms with E-state index in [9.17, 15) is 4.79 Å². The topological polar surface area (TPSA) is 26.3 Å². The number of hydrogen-bond acceptors (Lipinski definition) is 2. The Labute approximate surface area is 144 Å². The summed E-state index contributed by atoms with van der Waals surface area (Å²) in [6.45, 7) is 10.6. The molecule has 0 heterocycles. The van der Waals surface area contributed by atoms with Gasteiger partial charge in [-0.2, -0.15) is 0 Å². The molecule has 3 rings (SSSR count). The zero-order chi connectivity index (χ0) is 17.5. The second-order valence-corrected chi connectivity index (χ2v) is 6.61. The molecular formula is C22H24O2. The average Bonchev–Trinajstić information content (AvgIpc) is 3.13. The van der Waals surface area contributed by atoms with Gasteiger partial charge in [0.05, 0.1) is 6.61 Å². The summed E-state index contributed by atoms with van der Waals surface area (Å²) in [4.78, 5) is 13.0. The van der Waals surface area contributed by atoms with Crippen molar-refractivity contribution >= 4 is 11.5 Å². The fourth-order valence-corrected chi connectivity index (χ4v) is 4.12. The van der Waals surface area contributed by atoms with Crippen LogP contribution in [0.1, 0.15) is 41.7 Å². The molecule has 0 aromatic heterocycles. The normalized spacial score (nSPS) is 19.4. The van der Waals surface area contributed by atoms with Gasteiger partial charge in [-0.3, -0.25) is 4.79 Å². The number of rotatable bonds is 4. The minimum absolute atomic E-state index is 0.156. The Morgan fingerprint density at radius 2 is 1.58 bits per heavy atom. The third kappa shape index (κ3) is 2.29. The molecule has 2 heteroatoms. The maximum absolute atomic E-state index is 13.0. The second-order valence-electron chi connectivity index (χ2n) is 6.61. The second kappa shape index (κ2) is 5.94. The molecule has 0 fully saturated rings. The smallest absolute Gasteiger partial charge is 0.325 e. The van der Waals surface area contributed by atoms with Gasteiger partial charge in [0.1, 0.15) is 5.41 Å². The van der Waals surface area contributed by atoms with E-state index < -0.39 is 5.41 Å². The fourth-order valence-electron chi connectivity index (χ4n) is 4.12. The summed E-state index contributed by atoms with van der Waals surface area (Å²) in [5.74, 6) is -0.156. The molecule has 0 aliphatic heterocycles. The van der Waals surface area contributed by atoms with Crippen molar-refractivity contribution < 1.29 is 9.53 Å². The molecule has 2 aromatic carbocycles. The molecule has 0 N–H and O–H groups in total.